The molecule has 0 radical (unpaired) electrons. The number of anilines is 2. The highest BCUT2D eigenvalue weighted by Crippen LogP contribution is 2.58. The molecule has 5 nitrogen and oxygen atoms in total. The number of benzene rings is 4. The standard InChI is InChI=1S/C39H36N2O3/c1-3-4-6-13-26-20-22-28(23-21-26)36(42)34-35(37(43)27-14-7-5-8-15-27)41-32-19-12-9-16-29(32)25(2)24-33(41)39(34)30-17-10-11-18-31(30)40-38(39)44/h5,7-12,14-24,33-35H,3-4,6,13H2,1-2H3,(H,40,44)/t33-,34+,35-,39-/m1/s1. The largest absolute Gasteiger partial charge is 0.352 e. The molecule has 4 aromatic rings. The van der Waals surface area contributed by atoms with Gasteiger partial charge in [0.2, 0.25) is 5.91 Å². The Morgan fingerprint density at radius 1 is 0.795 bits per heavy atom. The van der Waals surface area contributed by atoms with Crippen LogP contribution in [0, 0.1) is 5.92 Å². The number of Topliss-reactive ketones (excluding diaryl/α,β-unsaturated/α-hetero) is 2. The van der Waals surface area contributed by atoms with Crippen molar-refractivity contribution in [1.82, 2.24) is 0 Å². The van der Waals surface area contributed by atoms with Gasteiger partial charge in [0, 0.05) is 28.1 Å². The Morgan fingerprint density at radius 2 is 1.48 bits per heavy atom. The summed E-state index contributed by atoms with van der Waals surface area (Å²) in [4.78, 5) is 46.4. The molecule has 3 aliphatic heterocycles. The molecule has 220 valence electrons. The molecule has 0 unspecified atom stereocenters. The van der Waals surface area contributed by atoms with Gasteiger partial charge in [-0.1, -0.05) is 117 Å². The molecular formula is C39H36N2O3. The third kappa shape index (κ3) is 4.17. The lowest BCUT2D eigenvalue weighted by molar-refractivity contribution is -0.121. The van der Waals surface area contributed by atoms with Crippen LogP contribution in [0.25, 0.3) is 5.57 Å². The number of hydrogen-bond donors (Lipinski definition) is 1. The maximum atomic E-state index is 15.0. The van der Waals surface area contributed by atoms with Gasteiger partial charge in [-0.3, -0.25) is 14.4 Å². The summed E-state index contributed by atoms with van der Waals surface area (Å²) in [6.45, 7) is 4.23. The lowest BCUT2D eigenvalue weighted by atomic mass is 9.64. The van der Waals surface area contributed by atoms with Crippen LogP contribution in [0.4, 0.5) is 11.4 Å². The summed E-state index contributed by atoms with van der Waals surface area (Å²) in [6, 6.07) is 31.2. The summed E-state index contributed by atoms with van der Waals surface area (Å²) in [7, 11) is 0. The van der Waals surface area contributed by atoms with Crippen molar-refractivity contribution in [1.29, 1.82) is 0 Å². The van der Waals surface area contributed by atoms with Gasteiger partial charge in [0.1, 0.15) is 11.5 Å². The molecular weight excluding hydrogens is 544 g/mol. The van der Waals surface area contributed by atoms with E-state index in [0.717, 1.165) is 48.1 Å². The normalized spacial score (nSPS) is 23.0. The van der Waals surface area contributed by atoms with Crippen molar-refractivity contribution in [3.05, 3.63) is 137 Å². The van der Waals surface area contributed by atoms with Crippen LogP contribution in [0.3, 0.4) is 0 Å². The fourth-order valence-corrected chi connectivity index (χ4v) is 7.75. The van der Waals surface area contributed by atoms with Crippen molar-refractivity contribution < 1.29 is 14.4 Å². The molecule has 5 heteroatoms. The van der Waals surface area contributed by atoms with Crippen LogP contribution in [0.15, 0.2) is 109 Å². The van der Waals surface area contributed by atoms with Crippen molar-refractivity contribution in [2.75, 3.05) is 10.2 Å². The molecule has 4 atom stereocenters. The Bertz CT molecular complexity index is 1790. The van der Waals surface area contributed by atoms with E-state index in [-0.39, 0.29) is 17.5 Å². The number of ketones is 2. The Morgan fingerprint density at radius 3 is 2.25 bits per heavy atom. The van der Waals surface area contributed by atoms with E-state index in [2.05, 4.69) is 23.2 Å². The lowest BCUT2D eigenvalue weighted by Gasteiger charge is -2.39. The molecule has 0 aromatic heterocycles. The average molecular weight is 581 g/mol. The van der Waals surface area contributed by atoms with Crippen LogP contribution >= 0.6 is 0 Å². The minimum absolute atomic E-state index is 0.165. The second-order valence-corrected chi connectivity index (χ2v) is 12.3. The Hall–Kier alpha value is -4.77. The van der Waals surface area contributed by atoms with Gasteiger partial charge in [-0.2, -0.15) is 0 Å². The maximum absolute atomic E-state index is 15.0. The summed E-state index contributed by atoms with van der Waals surface area (Å²) in [6.07, 6.45) is 6.46. The summed E-state index contributed by atoms with van der Waals surface area (Å²) < 4.78 is 0. The number of unbranched alkanes of at least 4 members (excludes halogenated alkanes) is 2. The topological polar surface area (TPSA) is 66.5 Å². The molecule has 1 N–H and O–H groups in total. The fraction of sp³-hybridized carbons (Fsp3) is 0.256. The minimum atomic E-state index is -1.31. The van der Waals surface area contributed by atoms with E-state index in [1.807, 2.05) is 97.9 Å². The second-order valence-electron chi connectivity index (χ2n) is 12.3. The molecule has 3 aliphatic rings. The highest BCUT2D eigenvalue weighted by molar-refractivity contribution is 6.18. The molecule has 7 rings (SSSR count). The van der Waals surface area contributed by atoms with Crippen molar-refractivity contribution in [3.8, 4) is 0 Å². The summed E-state index contributed by atoms with van der Waals surface area (Å²) in [5, 5.41) is 3.12. The number of para-hydroxylation sites is 2. The molecule has 4 aromatic carbocycles. The minimum Gasteiger partial charge on any atom is -0.352 e. The molecule has 1 fully saturated rings. The first-order valence-corrected chi connectivity index (χ1v) is 15.7. The first-order chi connectivity index (χ1) is 21.5. The molecule has 0 saturated carbocycles. The molecule has 1 amide bonds. The van der Waals surface area contributed by atoms with Crippen LogP contribution in [0.1, 0.15) is 70.5 Å². The zero-order valence-corrected chi connectivity index (χ0v) is 25.1. The first kappa shape index (κ1) is 28.0. The van der Waals surface area contributed by atoms with E-state index in [0.29, 0.717) is 16.8 Å². The van der Waals surface area contributed by atoms with Gasteiger partial charge in [-0.25, -0.2) is 0 Å². The zero-order valence-electron chi connectivity index (χ0n) is 25.1. The van der Waals surface area contributed by atoms with Crippen molar-refractivity contribution in [2.24, 2.45) is 5.92 Å². The number of amides is 1. The average Bonchev–Trinajstić information content (AvgIpc) is 3.53. The predicted octanol–water partition coefficient (Wildman–Crippen LogP) is 7.67. The van der Waals surface area contributed by atoms with E-state index in [1.54, 1.807) is 12.1 Å². The second kappa shape index (κ2) is 11.1. The van der Waals surface area contributed by atoms with E-state index >= 15 is 4.79 Å². The summed E-state index contributed by atoms with van der Waals surface area (Å²) in [5.74, 6) is -1.56. The van der Waals surface area contributed by atoms with E-state index in [1.165, 1.54) is 5.56 Å². The molecule has 44 heavy (non-hydrogen) atoms. The number of nitrogens with one attached hydrogen (secondary N) is 1. The molecule has 3 heterocycles. The number of allylic oxidation sites excluding steroid dienone is 1. The Balaban J connectivity index is 1.46. The monoisotopic (exact) mass is 580 g/mol. The predicted molar refractivity (Wildman–Crippen MR) is 175 cm³/mol. The number of nitrogens with zero attached hydrogens (tertiary/aromatic N) is 1. The van der Waals surface area contributed by atoms with Crippen LogP contribution in [-0.2, 0) is 16.6 Å². The van der Waals surface area contributed by atoms with E-state index in [4.69, 9.17) is 0 Å². The van der Waals surface area contributed by atoms with Gasteiger partial charge in [0.05, 0.1) is 12.0 Å². The van der Waals surface area contributed by atoms with Crippen LogP contribution < -0.4 is 10.2 Å². The third-order valence-electron chi connectivity index (χ3n) is 9.80. The molecule has 1 saturated heterocycles. The molecule has 0 aliphatic carbocycles. The summed E-state index contributed by atoms with van der Waals surface area (Å²) in [5.41, 5.74) is 5.26. The Labute approximate surface area is 258 Å². The fourth-order valence-electron chi connectivity index (χ4n) is 7.75. The zero-order chi connectivity index (χ0) is 30.4. The van der Waals surface area contributed by atoms with Crippen molar-refractivity contribution >= 4 is 34.4 Å². The highest BCUT2D eigenvalue weighted by Gasteiger charge is 2.70. The Kier molecular flexibility index (Phi) is 7.04. The quantitative estimate of drug-likeness (QED) is 0.172. The number of hydrogen-bond acceptors (Lipinski definition) is 4. The van der Waals surface area contributed by atoms with Crippen LogP contribution in [0.5, 0.6) is 0 Å². The lowest BCUT2D eigenvalue weighted by Crippen LogP contribution is -2.51. The maximum Gasteiger partial charge on any atom is 0.238 e. The molecule has 0 bridgehead atoms. The van der Waals surface area contributed by atoms with Gasteiger partial charge in [0.15, 0.2) is 11.6 Å². The number of carbonyl (C=O) groups excluding carboxylic acids is 3. The highest BCUT2D eigenvalue weighted by atomic mass is 16.2. The number of aryl methyl sites for hydroxylation is 1. The first-order valence-electron chi connectivity index (χ1n) is 15.7. The van der Waals surface area contributed by atoms with Crippen molar-refractivity contribution in [2.45, 2.75) is 57.0 Å². The van der Waals surface area contributed by atoms with Gasteiger partial charge >= 0.3 is 0 Å². The van der Waals surface area contributed by atoms with Gasteiger partial charge in [0.25, 0.3) is 0 Å². The van der Waals surface area contributed by atoms with Gasteiger partial charge in [-0.15, -0.1) is 0 Å². The van der Waals surface area contributed by atoms with Gasteiger partial charge < -0.3 is 10.2 Å². The number of rotatable bonds is 8. The van der Waals surface area contributed by atoms with E-state index < -0.39 is 23.4 Å². The van der Waals surface area contributed by atoms with Crippen LogP contribution in [-0.4, -0.2) is 29.6 Å². The molecule has 1 spiro atoms. The third-order valence-corrected chi connectivity index (χ3v) is 9.80. The SMILES string of the molecule is CCCCCc1ccc(C(=O)[C@@H]2[C@H](C(=O)c3ccccc3)N3c4ccccc4C(C)=C[C@@H]3[C@@]23C(=O)Nc2ccccc23)cc1. The van der Waals surface area contributed by atoms with Crippen molar-refractivity contribution in [3.63, 3.8) is 0 Å². The number of fused-ring (bicyclic) bond motifs is 6. The van der Waals surface area contributed by atoms with E-state index in [9.17, 15) is 9.59 Å². The summed E-state index contributed by atoms with van der Waals surface area (Å²) >= 11 is 0. The van der Waals surface area contributed by atoms with Gasteiger partial charge in [-0.05, 0) is 48.6 Å². The van der Waals surface area contributed by atoms with Crippen LogP contribution in [0.2, 0.25) is 0 Å². The number of carbonyl (C=O) groups is 3. The smallest absolute Gasteiger partial charge is 0.238 e.